The summed E-state index contributed by atoms with van der Waals surface area (Å²) in [6, 6.07) is 8.47. The van der Waals surface area contributed by atoms with Gasteiger partial charge in [0.15, 0.2) is 0 Å². The number of aliphatic hydroxyl groups is 1. The summed E-state index contributed by atoms with van der Waals surface area (Å²) in [6.07, 6.45) is 5.53. The van der Waals surface area contributed by atoms with Gasteiger partial charge in [0.25, 0.3) is 5.91 Å². The number of anilines is 1. The van der Waals surface area contributed by atoms with Crippen molar-refractivity contribution in [2.24, 2.45) is 17.8 Å². The summed E-state index contributed by atoms with van der Waals surface area (Å²) in [5, 5.41) is 12.9. The fourth-order valence-electron chi connectivity index (χ4n) is 4.54. The summed E-state index contributed by atoms with van der Waals surface area (Å²) in [5.74, 6) is 2.00. The second-order valence-corrected chi connectivity index (χ2v) is 8.26. The summed E-state index contributed by atoms with van der Waals surface area (Å²) in [7, 11) is 0. The lowest BCUT2D eigenvalue weighted by molar-refractivity contribution is 0.0651. The number of carbonyl (C=O) groups excluding carboxylic acids is 1. The third-order valence-corrected chi connectivity index (χ3v) is 5.82. The van der Waals surface area contributed by atoms with Gasteiger partial charge in [-0.2, -0.15) is 0 Å². The van der Waals surface area contributed by atoms with Gasteiger partial charge < -0.3 is 15.3 Å². The van der Waals surface area contributed by atoms with E-state index < -0.39 is 0 Å². The van der Waals surface area contributed by atoms with Crippen molar-refractivity contribution in [1.82, 2.24) is 4.90 Å². The molecule has 1 aliphatic heterocycles. The van der Waals surface area contributed by atoms with Crippen LogP contribution in [0, 0.1) is 17.8 Å². The average Bonchev–Trinajstić information content (AvgIpc) is 2.60. The molecule has 2 atom stereocenters. The van der Waals surface area contributed by atoms with Crippen molar-refractivity contribution < 1.29 is 9.90 Å². The molecule has 0 radical (unpaired) electrons. The van der Waals surface area contributed by atoms with Crippen molar-refractivity contribution in [3.8, 4) is 0 Å². The smallest absolute Gasteiger partial charge is 0.253 e. The van der Waals surface area contributed by atoms with Crippen LogP contribution in [0.1, 0.15) is 56.3 Å². The van der Waals surface area contributed by atoms with E-state index in [1.165, 1.54) is 19.3 Å². The Hall–Kier alpha value is -1.55. The molecule has 138 valence electrons. The maximum atomic E-state index is 12.8. The first-order chi connectivity index (χ1) is 12.0. The van der Waals surface area contributed by atoms with E-state index >= 15 is 0 Å². The Morgan fingerprint density at radius 3 is 2.48 bits per heavy atom. The molecule has 1 aromatic carbocycles. The molecule has 1 saturated carbocycles. The maximum absolute atomic E-state index is 12.8. The Morgan fingerprint density at radius 2 is 1.84 bits per heavy atom. The van der Waals surface area contributed by atoms with E-state index in [2.05, 4.69) is 25.2 Å². The number of hydrogen-bond donors (Lipinski definition) is 2. The molecule has 1 saturated heterocycles. The summed E-state index contributed by atoms with van der Waals surface area (Å²) in [5.41, 5.74) is 1.83. The lowest BCUT2D eigenvalue weighted by Gasteiger charge is -2.33. The molecule has 0 bridgehead atoms. The second-order valence-electron chi connectivity index (χ2n) is 8.26. The first-order valence-corrected chi connectivity index (χ1v) is 9.82. The molecular formula is C21H32N2O2. The summed E-state index contributed by atoms with van der Waals surface area (Å²) in [4.78, 5) is 14.7. The largest absolute Gasteiger partial charge is 0.396 e. The number of benzene rings is 1. The van der Waals surface area contributed by atoms with E-state index in [-0.39, 0.29) is 12.5 Å². The van der Waals surface area contributed by atoms with Crippen LogP contribution in [0.15, 0.2) is 24.3 Å². The molecule has 0 aromatic heterocycles. The lowest BCUT2D eigenvalue weighted by atomic mass is 9.80. The minimum atomic E-state index is 0.116. The molecule has 0 spiro atoms. The van der Waals surface area contributed by atoms with E-state index in [9.17, 15) is 9.90 Å². The minimum absolute atomic E-state index is 0.116. The Bertz CT molecular complexity index is 571. The molecule has 25 heavy (non-hydrogen) atoms. The molecular weight excluding hydrogens is 312 g/mol. The zero-order chi connectivity index (χ0) is 17.8. The van der Waals surface area contributed by atoms with Gasteiger partial charge in [-0.25, -0.2) is 0 Å². The highest BCUT2D eigenvalue weighted by Crippen LogP contribution is 2.30. The van der Waals surface area contributed by atoms with Crippen LogP contribution in [0.4, 0.5) is 5.69 Å². The van der Waals surface area contributed by atoms with Crippen LogP contribution in [0.2, 0.25) is 0 Å². The minimum Gasteiger partial charge on any atom is -0.396 e. The topological polar surface area (TPSA) is 52.6 Å². The van der Waals surface area contributed by atoms with Crippen LogP contribution in [0.3, 0.4) is 0 Å². The standard InChI is InChI=1S/C21H32N2O2/c1-15-10-16(2)12-20(11-15)22-19-5-3-4-18(13-19)21(25)23-8-6-17(14-24)7-9-23/h3-5,13,15-17,20,22,24H,6-12,14H2,1-2H3. The number of rotatable bonds is 4. The van der Waals surface area contributed by atoms with E-state index in [0.29, 0.717) is 12.0 Å². The van der Waals surface area contributed by atoms with Crippen molar-refractivity contribution in [3.05, 3.63) is 29.8 Å². The zero-order valence-corrected chi connectivity index (χ0v) is 15.6. The highest BCUT2D eigenvalue weighted by Gasteiger charge is 2.25. The van der Waals surface area contributed by atoms with Crippen LogP contribution in [0.5, 0.6) is 0 Å². The van der Waals surface area contributed by atoms with Crippen LogP contribution in [0.25, 0.3) is 0 Å². The van der Waals surface area contributed by atoms with Gasteiger partial charge >= 0.3 is 0 Å². The van der Waals surface area contributed by atoms with Crippen LogP contribution >= 0.6 is 0 Å². The van der Waals surface area contributed by atoms with E-state index in [0.717, 1.165) is 49.0 Å². The average molecular weight is 344 g/mol. The van der Waals surface area contributed by atoms with Crippen molar-refractivity contribution in [3.63, 3.8) is 0 Å². The summed E-state index contributed by atoms with van der Waals surface area (Å²) in [6.45, 7) is 6.40. The SMILES string of the molecule is CC1CC(C)CC(Nc2cccc(C(=O)N3CCC(CO)CC3)c2)C1. The number of amides is 1. The number of carbonyl (C=O) groups is 1. The molecule has 1 heterocycles. The predicted molar refractivity (Wildman–Crippen MR) is 102 cm³/mol. The molecule has 2 fully saturated rings. The van der Waals surface area contributed by atoms with Crippen molar-refractivity contribution in [2.45, 2.75) is 52.0 Å². The lowest BCUT2D eigenvalue weighted by Crippen LogP contribution is -2.39. The molecule has 2 unspecified atom stereocenters. The third kappa shape index (κ3) is 4.75. The van der Waals surface area contributed by atoms with Crippen molar-refractivity contribution in [2.75, 3.05) is 25.0 Å². The number of nitrogens with one attached hydrogen (secondary N) is 1. The number of likely N-dealkylation sites (tertiary alicyclic amines) is 1. The molecule has 3 rings (SSSR count). The quantitative estimate of drug-likeness (QED) is 0.874. The molecule has 4 heteroatoms. The molecule has 2 N–H and O–H groups in total. The van der Waals surface area contributed by atoms with Crippen LogP contribution < -0.4 is 5.32 Å². The second kappa shape index (κ2) is 8.22. The van der Waals surface area contributed by atoms with E-state index in [4.69, 9.17) is 0 Å². The zero-order valence-electron chi connectivity index (χ0n) is 15.6. The summed E-state index contributed by atoms with van der Waals surface area (Å²) >= 11 is 0. The van der Waals surface area contributed by atoms with Gasteiger partial charge in [-0.05, 0) is 68.1 Å². The molecule has 1 aromatic rings. The van der Waals surface area contributed by atoms with Crippen molar-refractivity contribution >= 4 is 11.6 Å². The summed E-state index contributed by atoms with van der Waals surface area (Å²) < 4.78 is 0. The number of aliphatic hydroxyl groups excluding tert-OH is 1. The fraction of sp³-hybridized carbons (Fsp3) is 0.667. The first-order valence-electron chi connectivity index (χ1n) is 9.82. The van der Waals surface area contributed by atoms with Gasteiger partial charge in [-0.1, -0.05) is 19.9 Å². The van der Waals surface area contributed by atoms with Gasteiger partial charge in [-0.3, -0.25) is 4.79 Å². The number of hydrogen-bond acceptors (Lipinski definition) is 3. The Kier molecular flexibility index (Phi) is 6.00. The molecule has 1 amide bonds. The Labute approximate surface area is 151 Å². The monoisotopic (exact) mass is 344 g/mol. The fourth-order valence-corrected chi connectivity index (χ4v) is 4.54. The Balaban J connectivity index is 1.62. The third-order valence-electron chi connectivity index (χ3n) is 5.82. The number of piperidine rings is 1. The highest BCUT2D eigenvalue weighted by molar-refractivity contribution is 5.95. The predicted octanol–water partition coefficient (Wildman–Crippen LogP) is 3.77. The van der Waals surface area contributed by atoms with Gasteiger partial charge in [0.05, 0.1) is 0 Å². The van der Waals surface area contributed by atoms with E-state index in [1.807, 2.05) is 23.1 Å². The maximum Gasteiger partial charge on any atom is 0.253 e. The van der Waals surface area contributed by atoms with Crippen LogP contribution in [-0.2, 0) is 0 Å². The van der Waals surface area contributed by atoms with Gasteiger partial charge in [-0.15, -0.1) is 0 Å². The highest BCUT2D eigenvalue weighted by atomic mass is 16.3. The molecule has 1 aliphatic carbocycles. The normalized spacial score (nSPS) is 28.0. The molecule has 4 nitrogen and oxygen atoms in total. The number of nitrogens with zero attached hydrogens (tertiary/aromatic N) is 1. The Morgan fingerprint density at radius 1 is 1.16 bits per heavy atom. The molecule has 2 aliphatic rings. The van der Waals surface area contributed by atoms with Crippen LogP contribution in [-0.4, -0.2) is 41.7 Å². The van der Waals surface area contributed by atoms with E-state index in [1.54, 1.807) is 0 Å². The van der Waals surface area contributed by atoms with Crippen molar-refractivity contribution in [1.29, 1.82) is 0 Å². The van der Waals surface area contributed by atoms with Gasteiger partial charge in [0.1, 0.15) is 0 Å². The first kappa shape index (κ1) is 18.2. The van der Waals surface area contributed by atoms with Gasteiger partial charge in [0, 0.05) is 37.0 Å². The van der Waals surface area contributed by atoms with Gasteiger partial charge in [0.2, 0.25) is 0 Å².